The quantitative estimate of drug-likeness (QED) is 0.420. The summed E-state index contributed by atoms with van der Waals surface area (Å²) in [5.74, 6) is 0.509. The molecule has 0 aliphatic rings. The van der Waals surface area contributed by atoms with Crippen molar-refractivity contribution in [3.63, 3.8) is 0 Å². The highest BCUT2D eigenvalue weighted by atomic mass is 127. The molecular weight excluding hydrogens is 375 g/mol. The predicted octanol–water partition coefficient (Wildman–Crippen LogP) is 3.34. The molecular formula is C16H25IN4. The molecule has 0 bridgehead atoms. The number of para-hydroxylation sites is 1. The summed E-state index contributed by atoms with van der Waals surface area (Å²) in [6, 6.07) is 8.36. The van der Waals surface area contributed by atoms with Crippen LogP contribution in [0.2, 0.25) is 0 Å². The zero-order valence-electron chi connectivity index (χ0n) is 13.2. The van der Waals surface area contributed by atoms with Gasteiger partial charge in [-0.25, -0.2) is 0 Å². The van der Waals surface area contributed by atoms with Crippen LogP contribution in [0.3, 0.4) is 0 Å². The molecule has 1 aromatic heterocycles. The first-order valence-electron chi connectivity index (χ1n) is 7.01. The number of hydrogen-bond acceptors (Lipinski definition) is 1. The van der Waals surface area contributed by atoms with Gasteiger partial charge in [-0.2, -0.15) is 0 Å². The van der Waals surface area contributed by atoms with Crippen LogP contribution >= 0.6 is 24.0 Å². The molecule has 4 nitrogen and oxygen atoms in total. The van der Waals surface area contributed by atoms with Gasteiger partial charge < -0.3 is 16.0 Å². The van der Waals surface area contributed by atoms with Gasteiger partial charge in [0.25, 0.3) is 0 Å². The monoisotopic (exact) mass is 400 g/mol. The lowest BCUT2D eigenvalue weighted by Crippen LogP contribution is -2.45. The minimum atomic E-state index is -0.0513. The number of nitrogens with two attached hydrogens (primary N) is 1. The van der Waals surface area contributed by atoms with Crippen molar-refractivity contribution in [3.05, 3.63) is 35.5 Å². The van der Waals surface area contributed by atoms with E-state index in [-0.39, 0.29) is 29.5 Å². The lowest BCUT2D eigenvalue weighted by Gasteiger charge is -2.20. The molecule has 21 heavy (non-hydrogen) atoms. The lowest BCUT2D eigenvalue weighted by molar-refractivity contribution is 0.508. The van der Waals surface area contributed by atoms with Gasteiger partial charge in [0.15, 0.2) is 5.96 Å². The van der Waals surface area contributed by atoms with Gasteiger partial charge in [0.1, 0.15) is 0 Å². The summed E-state index contributed by atoms with van der Waals surface area (Å²) in [5, 5.41) is 4.45. The number of aryl methyl sites for hydroxylation is 1. The summed E-state index contributed by atoms with van der Waals surface area (Å²) < 4.78 is 0. The maximum absolute atomic E-state index is 5.88. The van der Waals surface area contributed by atoms with Crippen LogP contribution < -0.4 is 11.1 Å². The normalized spacial score (nSPS) is 12.3. The Labute approximate surface area is 143 Å². The SMILES string of the molecule is Cc1[nH]c2ccccc2c1CCN=C(N)NC(C)(C)C.I. The van der Waals surface area contributed by atoms with Crippen molar-refractivity contribution >= 4 is 40.8 Å². The molecule has 2 rings (SSSR count). The van der Waals surface area contributed by atoms with E-state index >= 15 is 0 Å². The van der Waals surface area contributed by atoms with E-state index in [0.717, 1.165) is 6.42 Å². The van der Waals surface area contributed by atoms with Crippen molar-refractivity contribution in [1.29, 1.82) is 0 Å². The molecule has 0 radical (unpaired) electrons. The minimum Gasteiger partial charge on any atom is -0.370 e. The summed E-state index contributed by atoms with van der Waals surface area (Å²) in [6.07, 6.45) is 0.891. The number of rotatable bonds is 3. The van der Waals surface area contributed by atoms with Crippen molar-refractivity contribution in [3.8, 4) is 0 Å². The summed E-state index contributed by atoms with van der Waals surface area (Å²) in [6.45, 7) is 9.00. The van der Waals surface area contributed by atoms with Crippen LogP contribution in [-0.2, 0) is 6.42 Å². The topological polar surface area (TPSA) is 66.2 Å². The average Bonchev–Trinajstić information content (AvgIpc) is 2.64. The van der Waals surface area contributed by atoms with Gasteiger partial charge >= 0.3 is 0 Å². The fourth-order valence-electron chi connectivity index (χ4n) is 2.37. The molecule has 0 fully saturated rings. The number of aliphatic imine (C=N–C) groups is 1. The Kier molecular flexibility index (Phi) is 6.07. The Morgan fingerprint density at radius 2 is 1.95 bits per heavy atom. The number of halogens is 1. The first-order valence-corrected chi connectivity index (χ1v) is 7.01. The molecule has 1 aromatic carbocycles. The maximum atomic E-state index is 5.88. The van der Waals surface area contributed by atoms with Crippen LogP contribution in [0.5, 0.6) is 0 Å². The Balaban J connectivity index is 0.00000220. The molecule has 4 N–H and O–H groups in total. The third-order valence-electron chi connectivity index (χ3n) is 3.17. The number of aromatic nitrogens is 1. The van der Waals surface area contributed by atoms with Gasteiger partial charge in [-0.15, -0.1) is 24.0 Å². The molecule has 0 aliphatic heterocycles. The Bertz CT molecular complexity index is 623. The average molecular weight is 400 g/mol. The molecule has 5 heteroatoms. The number of benzene rings is 1. The molecule has 2 aromatic rings. The van der Waals surface area contributed by atoms with E-state index in [9.17, 15) is 0 Å². The standard InChI is InChI=1S/C16H24N4.HI/c1-11-12(13-7-5-6-8-14(13)19-11)9-10-18-15(17)20-16(2,3)4;/h5-8,19H,9-10H2,1-4H3,(H3,17,18,20);1H. The molecule has 116 valence electrons. The van der Waals surface area contributed by atoms with Crippen LogP contribution in [-0.4, -0.2) is 23.0 Å². The molecule has 0 spiro atoms. The Hall–Kier alpha value is -1.24. The third kappa shape index (κ3) is 4.91. The van der Waals surface area contributed by atoms with E-state index in [1.165, 1.54) is 22.2 Å². The fourth-order valence-corrected chi connectivity index (χ4v) is 2.37. The van der Waals surface area contributed by atoms with E-state index in [1.807, 2.05) is 6.07 Å². The summed E-state index contributed by atoms with van der Waals surface area (Å²) in [4.78, 5) is 7.81. The Morgan fingerprint density at radius 3 is 2.62 bits per heavy atom. The summed E-state index contributed by atoms with van der Waals surface area (Å²) in [7, 11) is 0. The van der Waals surface area contributed by atoms with E-state index in [2.05, 4.69) is 61.2 Å². The van der Waals surface area contributed by atoms with Gasteiger partial charge in [0, 0.05) is 28.7 Å². The maximum Gasteiger partial charge on any atom is 0.188 e. The van der Waals surface area contributed by atoms with Crippen molar-refractivity contribution < 1.29 is 0 Å². The van der Waals surface area contributed by atoms with Crippen molar-refractivity contribution in [1.82, 2.24) is 10.3 Å². The number of nitrogens with one attached hydrogen (secondary N) is 2. The van der Waals surface area contributed by atoms with Crippen molar-refractivity contribution in [2.24, 2.45) is 10.7 Å². The molecule has 0 amide bonds. The lowest BCUT2D eigenvalue weighted by atomic mass is 10.1. The second kappa shape index (κ2) is 7.15. The molecule has 0 unspecified atom stereocenters. The third-order valence-corrected chi connectivity index (χ3v) is 3.17. The van der Waals surface area contributed by atoms with E-state index in [0.29, 0.717) is 12.5 Å². The number of hydrogen-bond donors (Lipinski definition) is 3. The minimum absolute atomic E-state index is 0. The van der Waals surface area contributed by atoms with Gasteiger partial charge in [-0.1, -0.05) is 18.2 Å². The molecule has 0 saturated heterocycles. The second-order valence-corrected chi connectivity index (χ2v) is 6.17. The zero-order chi connectivity index (χ0) is 14.8. The molecule has 0 saturated carbocycles. The number of guanidine groups is 1. The summed E-state index contributed by atoms with van der Waals surface area (Å²) in [5.41, 5.74) is 9.55. The molecule has 0 atom stereocenters. The number of nitrogens with zero attached hydrogens (tertiary/aromatic N) is 1. The number of aromatic amines is 1. The highest BCUT2D eigenvalue weighted by Crippen LogP contribution is 2.22. The van der Waals surface area contributed by atoms with E-state index in [4.69, 9.17) is 5.73 Å². The van der Waals surface area contributed by atoms with Crippen molar-refractivity contribution in [2.75, 3.05) is 6.54 Å². The zero-order valence-corrected chi connectivity index (χ0v) is 15.5. The first-order chi connectivity index (χ1) is 9.37. The van der Waals surface area contributed by atoms with E-state index < -0.39 is 0 Å². The second-order valence-electron chi connectivity index (χ2n) is 6.17. The van der Waals surface area contributed by atoms with Crippen LogP contribution in [0, 0.1) is 6.92 Å². The van der Waals surface area contributed by atoms with Crippen LogP contribution in [0.25, 0.3) is 10.9 Å². The molecule has 1 heterocycles. The van der Waals surface area contributed by atoms with E-state index in [1.54, 1.807) is 0 Å². The Morgan fingerprint density at radius 1 is 1.29 bits per heavy atom. The largest absolute Gasteiger partial charge is 0.370 e. The first kappa shape index (κ1) is 17.8. The molecule has 0 aliphatic carbocycles. The van der Waals surface area contributed by atoms with Crippen LogP contribution in [0.4, 0.5) is 0 Å². The number of fused-ring (bicyclic) bond motifs is 1. The van der Waals surface area contributed by atoms with Gasteiger partial charge in [-0.3, -0.25) is 4.99 Å². The van der Waals surface area contributed by atoms with Gasteiger partial charge in [-0.05, 0) is 45.7 Å². The van der Waals surface area contributed by atoms with Crippen molar-refractivity contribution in [2.45, 2.75) is 39.7 Å². The van der Waals surface area contributed by atoms with Gasteiger partial charge in [0.2, 0.25) is 0 Å². The highest BCUT2D eigenvalue weighted by Gasteiger charge is 2.10. The summed E-state index contributed by atoms with van der Waals surface area (Å²) >= 11 is 0. The van der Waals surface area contributed by atoms with Crippen LogP contribution in [0.15, 0.2) is 29.3 Å². The smallest absolute Gasteiger partial charge is 0.188 e. The van der Waals surface area contributed by atoms with Crippen LogP contribution in [0.1, 0.15) is 32.0 Å². The van der Waals surface area contributed by atoms with Gasteiger partial charge in [0.05, 0.1) is 0 Å². The fraction of sp³-hybridized carbons (Fsp3) is 0.438. The highest BCUT2D eigenvalue weighted by molar-refractivity contribution is 14.0. The predicted molar refractivity (Wildman–Crippen MR) is 102 cm³/mol. The number of H-pyrrole nitrogens is 1.